The molecular formula is C22H24N5OU-. The van der Waals surface area contributed by atoms with E-state index in [1.165, 1.54) is 0 Å². The molecule has 0 saturated heterocycles. The predicted molar refractivity (Wildman–Crippen MR) is 112 cm³/mol. The van der Waals surface area contributed by atoms with E-state index >= 15 is 0 Å². The molecule has 0 radical (unpaired) electrons. The molecule has 29 heavy (non-hydrogen) atoms. The van der Waals surface area contributed by atoms with Gasteiger partial charge in [0, 0.05) is 77.7 Å². The first-order valence-electron chi connectivity index (χ1n) is 9.69. The van der Waals surface area contributed by atoms with Gasteiger partial charge in [-0.15, -0.1) is 0 Å². The molecule has 0 aliphatic heterocycles. The van der Waals surface area contributed by atoms with Crippen molar-refractivity contribution in [1.82, 2.24) is 15.0 Å². The standard InChI is InChI=1S/C22H24N5O.U/c1-4-5-16-8-13(2)18(12-24-16)17-9-15-11-25-20(27-22(28)14-6-7-14)10-19(15)26-21(17)23-3;/h8-12,14H,3-7H2,1-2H3,(H,23,26)(H,25,27,28);/q-1;. The molecule has 1 amide bonds. The smallest absolute Gasteiger partial charge is 0.228 e. The number of hydrogen-bond acceptors (Lipinski definition) is 5. The van der Waals surface area contributed by atoms with E-state index in [1.807, 2.05) is 12.3 Å². The third kappa shape index (κ3) is 4.79. The van der Waals surface area contributed by atoms with Crippen molar-refractivity contribution in [3.63, 3.8) is 0 Å². The van der Waals surface area contributed by atoms with Crippen LogP contribution < -0.4 is 10.6 Å². The summed E-state index contributed by atoms with van der Waals surface area (Å²) in [5.41, 5.74) is 4.96. The summed E-state index contributed by atoms with van der Waals surface area (Å²) < 4.78 is 0. The predicted octanol–water partition coefficient (Wildman–Crippen LogP) is 4.50. The van der Waals surface area contributed by atoms with Crippen LogP contribution in [0.4, 0.5) is 11.6 Å². The summed E-state index contributed by atoms with van der Waals surface area (Å²) in [7, 11) is 3.81. The zero-order valence-corrected chi connectivity index (χ0v) is 20.9. The molecule has 0 aromatic carbocycles. The normalized spacial score (nSPS) is 13.1. The van der Waals surface area contributed by atoms with E-state index in [9.17, 15) is 4.79 Å². The minimum Gasteiger partial charge on any atom is -0.522 e. The molecular weight excluding hydrogens is 588 g/mol. The maximum absolute atomic E-state index is 12.0. The number of fused-ring (bicyclic) bond motifs is 1. The fourth-order valence-corrected chi connectivity index (χ4v) is 3.34. The molecule has 1 saturated carbocycles. The zero-order valence-electron chi connectivity index (χ0n) is 16.7. The third-order valence-electron chi connectivity index (χ3n) is 5.03. The van der Waals surface area contributed by atoms with E-state index in [4.69, 9.17) is 4.98 Å². The number of aryl methyl sites for hydroxylation is 2. The summed E-state index contributed by atoms with van der Waals surface area (Å²) >= 11 is 0. The van der Waals surface area contributed by atoms with Crippen LogP contribution in [0.1, 0.15) is 37.4 Å². The average Bonchev–Trinajstić information content (AvgIpc) is 3.53. The first-order chi connectivity index (χ1) is 13.6. The fraction of sp³-hybridized carbons (Fsp3) is 0.318. The largest absolute Gasteiger partial charge is 0.522 e. The van der Waals surface area contributed by atoms with Gasteiger partial charge in [0.2, 0.25) is 5.91 Å². The molecule has 3 aromatic heterocycles. The van der Waals surface area contributed by atoms with Crippen LogP contribution in [-0.2, 0) is 11.2 Å². The van der Waals surface area contributed by atoms with E-state index in [-0.39, 0.29) is 42.9 Å². The van der Waals surface area contributed by atoms with Gasteiger partial charge in [-0.05, 0) is 43.9 Å². The van der Waals surface area contributed by atoms with E-state index in [0.717, 1.165) is 59.0 Å². The van der Waals surface area contributed by atoms with Gasteiger partial charge in [-0.3, -0.25) is 16.8 Å². The quantitative estimate of drug-likeness (QED) is 0.401. The number of carbonyl (C=O) groups is 1. The molecule has 0 unspecified atom stereocenters. The SMILES string of the molecule is [CH2-]Nc1nc2cc(NC(=O)C3CC3)ncc2cc1-c1cnc(CCC)cc1C.[U]. The number of carbonyl (C=O) groups excluding carboxylic acids is 1. The molecule has 0 atom stereocenters. The van der Waals surface area contributed by atoms with Gasteiger partial charge in [-0.2, -0.15) is 0 Å². The number of amides is 1. The molecule has 2 N–H and O–H groups in total. The molecule has 3 heterocycles. The van der Waals surface area contributed by atoms with Crippen molar-refractivity contribution in [3.8, 4) is 11.1 Å². The molecule has 0 bridgehead atoms. The number of rotatable bonds is 6. The number of aromatic nitrogens is 3. The van der Waals surface area contributed by atoms with Crippen molar-refractivity contribution in [2.24, 2.45) is 5.92 Å². The van der Waals surface area contributed by atoms with Gasteiger partial charge < -0.3 is 10.6 Å². The van der Waals surface area contributed by atoms with Crippen LogP contribution in [0.3, 0.4) is 0 Å². The average molecular weight is 612 g/mol. The number of nitrogens with one attached hydrogen (secondary N) is 2. The van der Waals surface area contributed by atoms with Crippen molar-refractivity contribution >= 4 is 28.4 Å². The maximum atomic E-state index is 12.0. The minimum atomic E-state index is 0. The molecule has 1 aliphatic carbocycles. The van der Waals surface area contributed by atoms with Crippen molar-refractivity contribution in [1.29, 1.82) is 0 Å². The van der Waals surface area contributed by atoms with Crippen molar-refractivity contribution in [2.75, 3.05) is 10.6 Å². The topological polar surface area (TPSA) is 79.8 Å². The summed E-state index contributed by atoms with van der Waals surface area (Å²) in [4.78, 5) is 25.7. The number of pyridine rings is 3. The van der Waals surface area contributed by atoms with Crippen LogP contribution in [0.2, 0.25) is 0 Å². The summed E-state index contributed by atoms with van der Waals surface area (Å²) in [6.45, 7) is 4.24. The van der Waals surface area contributed by atoms with Crippen molar-refractivity contribution in [2.45, 2.75) is 39.5 Å². The number of hydrogen-bond donors (Lipinski definition) is 2. The molecule has 1 aliphatic rings. The second-order valence-electron chi connectivity index (χ2n) is 7.33. The van der Waals surface area contributed by atoms with Gasteiger partial charge in [0.05, 0.1) is 5.52 Å². The van der Waals surface area contributed by atoms with E-state index < -0.39 is 0 Å². The van der Waals surface area contributed by atoms with Crippen LogP contribution >= 0.6 is 0 Å². The number of anilines is 2. The van der Waals surface area contributed by atoms with E-state index in [1.54, 1.807) is 12.3 Å². The monoisotopic (exact) mass is 612 g/mol. The Bertz CT molecular complexity index is 1050. The van der Waals surface area contributed by atoms with Crippen LogP contribution in [0.25, 0.3) is 22.0 Å². The second-order valence-corrected chi connectivity index (χ2v) is 7.33. The molecule has 3 aromatic rings. The minimum absolute atomic E-state index is 0. The summed E-state index contributed by atoms with van der Waals surface area (Å²) in [6.07, 6.45) is 7.61. The second kappa shape index (κ2) is 9.23. The zero-order chi connectivity index (χ0) is 19.7. The molecule has 7 heteroatoms. The Labute approximate surface area is 194 Å². The molecule has 0 spiro atoms. The molecule has 1 fully saturated rings. The Hall–Kier alpha value is -1.97. The maximum Gasteiger partial charge on any atom is 0.228 e. The van der Waals surface area contributed by atoms with Crippen LogP contribution in [0.5, 0.6) is 0 Å². The van der Waals surface area contributed by atoms with Crippen molar-refractivity contribution < 1.29 is 35.9 Å². The first-order valence-corrected chi connectivity index (χ1v) is 9.69. The van der Waals surface area contributed by atoms with Gasteiger partial charge in [0.1, 0.15) is 11.6 Å². The molecule has 4 rings (SSSR count). The summed E-state index contributed by atoms with van der Waals surface area (Å²) in [6, 6.07) is 5.97. The fourth-order valence-electron chi connectivity index (χ4n) is 3.34. The summed E-state index contributed by atoms with van der Waals surface area (Å²) in [5, 5.41) is 6.71. The Balaban J connectivity index is 0.00000240. The van der Waals surface area contributed by atoms with E-state index in [2.05, 4.69) is 47.6 Å². The Kier molecular flexibility index (Phi) is 6.92. The van der Waals surface area contributed by atoms with Gasteiger partial charge >= 0.3 is 0 Å². The van der Waals surface area contributed by atoms with Gasteiger partial charge in [-0.1, -0.05) is 13.3 Å². The van der Waals surface area contributed by atoms with Gasteiger partial charge in [-0.25, -0.2) is 9.97 Å². The Morgan fingerprint density at radius 3 is 2.62 bits per heavy atom. The van der Waals surface area contributed by atoms with Gasteiger partial charge in [0.15, 0.2) is 0 Å². The summed E-state index contributed by atoms with van der Waals surface area (Å²) in [5.74, 6) is 1.37. The van der Waals surface area contributed by atoms with Gasteiger partial charge in [0.25, 0.3) is 0 Å². The van der Waals surface area contributed by atoms with Crippen molar-refractivity contribution in [3.05, 3.63) is 48.9 Å². The Morgan fingerprint density at radius 2 is 1.97 bits per heavy atom. The van der Waals surface area contributed by atoms with Crippen LogP contribution in [0.15, 0.2) is 30.6 Å². The third-order valence-corrected chi connectivity index (χ3v) is 5.03. The van der Waals surface area contributed by atoms with E-state index in [0.29, 0.717) is 11.6 Å². The first kappa shape index (κ1) is 21.7. The Morgan fingerprint density at radius 1 is 1.17 bits per heavy atom. The van der Waals surface area contributed by atoms with Crippen LogP contribution in [-0.4, -0.2) is 20.9 Å². The number of nitrogens with zero attached hydrogens (tertiary/aromatic N) is 3. The van der Waals surface area contributed by atoms with Crippen LogP contribution in [0, 0.1) is 51.0 Å². The molecule has 148 valence electrons. The molecule has 6 nitrogen and oxygen atoms in total.